The van der Waals surface area contributed by atoms with Crippen molar-refractivity contribution in [3.63, 3.8) is 0 Å². The van der Waals surface area contributed by atoms with Crippen molar-refractivity contribution in [3.8, 4) is 0 Å². The molecule has 1 unspecified atom stereocenters. The molecule has 15 heavy (non-hydrogen) atoms. The van der Waals surface area contributed by atoms with Gasteiger partial charge in [0.2, 0.25) is 0 Å². The van der Waals surface area contributed by atoms with Gasteiger partial charge in [0.1, 0.15) is 5.82 Å². The minimum absolute atomic E-state index is 0.238. The molecule has 2 rings (SSSR count). The second-order valence-corrected chi connectivity index (χ2v) is 4.00. The maximum Gasteiger partial charge on any atom is 0.123 e. The lowest BCUT2D eigenvalue weighted by Gasteiger charge is -2.22. The fourth-order valence-corrected chi connectivity index (χ4v) is 2.10. The van der Waals surface area contributed by atoms with Crippen LogP contribution in [0, 0.1) is 0 Å². The largest absolute Gasteiger partial charge is 0.395 e. The lowest BCUT2D eigenvalue weighted by atomic mass is 10.2. The van der Waals surface area contributed by atoms with E-state index in [4.69, 9.17) is 5.73 Å². The van der Waals surface area contributed by atoms with Crippen LogP contribution in [0.2, 0.25) is 0 Å². The number of hydrogen-bond acceptors (Lipinski definition) is 4. The molecule has 0 spiro atoms. The maximum absolute atomic E-state index is 9.18. The predicted octanol–water partition coefficient (Wildman–Crippen LogP) is 0.621. The molecule has 0 amide bonds. The molecule has 0 saturated carbocycles. The number of pyridine rings is 1. The van der Waals surface area contributed by atoms with Gasteiger partial charge in [-0.15, -0.1) is 0 Å². The topological polar surface area (TPSA) is 62.4 Å². The highest BCUT2D eigenvalue weighted by Gasteiger charge is 2.23. The van der Waals surface area contributed by atoms with Gasteiger partial charge in [0, 0.05) is 12.6 Å². The Kier molecular flexibility index (Phi) is 3.18. The van der Waals surface area contributed by atoms with Crippen LogP contribution in [0.25, 0.3) is 0 Å². The van der Waals surface area contributed by atoms with Crippen LogP contribution < -0.4 is 5.73 Å². The minimum atomic E-state index is 0.238. The number of anilines is 1. The number of hydrogen-bond donors (Lipinski definition) is 2. The number of aliphatic hydroxyl groups excluding tert-OH is 1. The Hall–Kier alpha value is -1.13. The van der Waals surface area contributed by atoms with Crippen molar-refractivity contribution in [1.29, 1.82) is 0 Å². The third-order valence-corrected chi connectivity index (χ3v) is 2.90. The average Bonchev–Trinajstić information content (AvgIpc) is 2.65. The van der Waals surface area contributed by atoms with Gasteiger partial charge in [-0.3, -0.25) is 4.90 Å². The SMILES string of the molecule is Nc1cccc(CN2CCCC2CO)n1. The number of aromatic nitrogens is 1. The van der Waals surface area contributed by atoms with Gasteiger partial charge in [-0.1, -0.05) is 6.07 Å². The van der Waals surface area contributed by atoms with E-state index in [2.05, 4.69) is 9.88 Å². The number of rotatable bonds is 3. The fourth-order valence-electron chi connectivity index (χ4n) is 2.10. The van der Waals surface area contributed by atoms with E-state index in [1.165, 1.54) is 0 Å². The molecule has 1 aliphatic rings. The van der Waals surface area contributed by atoms with E-state index in [9.17, 15) is 5.11 Å². The van der Waals surface area contributed by atoms with Gasteiger partial charge in [0.05, 0.1) is 12.3 Å². The van der Waals surface area contributed by atoms with E-state index in [0.29, 0.717) is 11.9 Å². The van der Waals surface area contributed by atoms with Crippen LogP contribution in [0.1, 0.15) is 18.5 Å². The van der Waals surface area contributed by atoms with Crippen LogP contribution in [0.5, 0.6) is 0 Å². The first-order valence-electron chi connectivity index (χ1n) is 5.36. The zero-order valence-corrected chi connectivity index (χ0v) is 8.76. The Bertz CT molecular complexity index is 329. The smallest absolute Gasteiger partial charge is 0.123 e. The highest BCUT2D eigenvalue weighted by atomic mass is 16.3. The van der Waals surface area contributed by atoms with E-state index < -0.39 is 0 Å². The first kappa shape index (κ1) is 10.4. The first-order chi connectivity index (χ1) is 7.29. The standard InChI is InChI=1S/C11H17N3O/c12-11-5-1-3-9(13-11)7-14-6-2-4-10(14)8-15/h1,3,5,10,15H,2,4,6-8H2,(H2,12,13). The van der Waals surface area contributed by atoms with Crippen molar-refractivity contribution in [1.82, 2.24) is 9.88 Å². The normalized spacial score (nSPS) is 22.1. The molecule has 0 aromatic carbocycles. The van der Waals surface area contributed by atoms with Crippen molar-refractivity contribution >= 4 is 5.82 Å². The Balaban J connectivity index is 2.02. The Labute approximate surface area is 89.7 Å². The van der Waals surface area contributed by atoms with Crippen molar-refractivity contribution in [3.05, 3.63) is 23.9 Å². The maximum atomic E-state index is 9.18. The average molecular weight is 207 g/mol. The summed E-state index contributed by atoms with van der Waals surface area (Å²) < 4.78 is 0. The predicted molar refractivity (Wildman–Crippen MR) is 59.2 cm³/mol. The summed E-state index contributed by atoms with van der Waals surface area (Å²) >= 11 is 0. The number of nitrogen functional groups attached to an aromatic ring is 1. The van der Waals surface area contributed by atoms with Crippen LogP contribution in [0.4, 0.5) is 5.82 Å². The number of likely N-dealkylation sites (tertiary alicyclic amines) is 1. The summed E-state index contributed by atoms with van der Waals surface area (Å²) in [4.78, 5) is 6.53. The van der Waals surface area contributed by atoms with Gasteiger partial charge in [-0.25, -0.2) is 4.98 Å². The Morgan fingerprint density at radius 1 is 1.53 bits per heavy atom. The summed E-state index contributed by atoms with van der Waals surface area (Å²) in [6, 6.07) is 5.98. The summed E-state index contributed by atoms with van der Waals surface area (Å²) in [5.41, 5.74) is 6.60. The third-order valence-electron chi connectivity index (χ3n) is 2.90. The minimum Gasteiger partial charge on any atom is -0.395 e. The zero-order chi connectivity index (χ0) is 10.7. The molecule has 1 saturated heterocycles. The van der Waals surface area contributed by atoms with Crippen molar-refractivity contribution in [2.45, 2.75) is 25.4 Å². The summed E-state index contributed by atoms with van der Waals surface area (Å²) in [5.74, 6) is 0.562. The molecule has 1 atom stereocenters. The molecule has 0 bridgehead atoms. The highest BCUT2D eigenvalue weighted by molar-refractivity contribution is 5.28. The van der Waals surface area contributed by atoms with Gasteiger partial charge < -0.3 is 10.8 Å². The molecule has 82 valence electrons. The van der Waals surface area contributed by atoms with Gasteiger partial charge >= 0.3 is 0 Å². The molecule has 1 fully saturated rings. The van der Waals surface area contributed by atoms with Crippen LogP contribution in [-0.2, 0) is 6.54 Å². The summed E-state index contributed by atoms with van der Waals surface area (Å²) in [7, 11) is 0. The first-order valence-corrected chi connectivity index (χ1v) is 5.36. The van der Waals surface area contributed by atoms with Gasteiger partial charge in [0.15, 0.2) is 0 Å². The van der Waals surface area contributed by atoms with Crippen molar-refractivity contribution in [2.75, 3.05) is 18.9 Å². The quantitative estimate of drug-likeness (QED) is 0.762. The molecule has 1 aromatic heterocycles. The van der Waals surface area contributed by atoms with Gasteiger partial charge in [0.25, 0.3) is 0 Å². The second-order valence-electron chi connectivity index (χ2n) is 4.00. The van der Waals surface area contributed by atoms with E-state index in [1.54, 1.807) is 6.07 Å². The molecule has 0 aliphatic carbocycles. The molecule has 2 heterocycles. The Morgan fingerprint density at radius 2 is 2.40 bits per heavy atom. The lowest BCUT2D eigenvalue weighted by Crippen LogP contribution is -2.31. The molecule has 4 nitrogen and oxygen atoms in total. The monoisotopic (exact) mass is 207 g/mol. The third kappa shape index (κ3) is 2.46. The number of nitrogens with two attached hydrogens (primary N) is 1. The van der Waals surface area contributed by atoms with Crippen molar-refractivity contribution < 1.29 is 5.11 Å². The highest BCUT2D eigenvalue weighted by Crippen LogP contribution is 2.19. The van der Waals surface area contributed by atoms with Gasteiger partial charge in [-0.05, 0) is 31.5 Å². The van der Waals surface area contributed by atoms with Crippen LogP contribution in [-0.4, -0.2) is 34.2 Å². The summed E-state index contributed by atoms with van der Waals surface area (Å²) in [6.45, 7) is 2.07. The van der Waals surface area contributed by atoms with E-state index >= 15 is 0 Å². The van der Waals surface area contributed by atoms with Crippen molar-refractivity contribution in [2.24, 2.45) is 0 Å². The van der Waals surface area contributed by atoms with Crippen LogP contribution in [0.3, 0.4) is 0 Å². The van der Waals surface area contributed by atoms with Gasteiger partial charge in [-0.2, -0.15) is 0 Å². The number of aliphatic hydroxyl groups is 1. The van der Waals surface area contributed by atoms with E-state index in [0.717, 1.165) is 31.6 Å². The Morgan fingerprint density at radius 3 is 3.13 bits per heavy atom. The summed E-state index contributed by atoms with van der Waals surface area (Å²) in [5, 5.41) is 9.18. The van der Waals surface area contributed by atoms with Crippen LogP contribution >= 0.6 is 0 Å². The molecular weight excluding hydrogens is 190 g/mol. The zero-order valence-electron chi connectivity index (χ0n) is 8.76. The summed E-state index contributed by atoms with van der Waals surface area (Å²) in [6.07, 6.45) is 2.24. The van der Waals surface area contributed by atoms with Crippen LogP contribution in [0.15, 0.2) is 18.2 Å². The molecule has 0 radical (unpaired) electrons. The molecule has 4 heteroatoms. The molecule has 3 N–H and O–H groups in total. The molecular formula is C11H17N3O. The second kappa shape index (κ2) is 4.59. The molecule has 1 aromatic rings. The molecule has 1 aliphatic heterocycles. The number of nitrogens with zero attached hydrogens (tertiary/aromatic N) is 2. The van der Waals surface area contributed by atoms with E-state index in [-0.39, 0.29) is 6.61 Å². The lowest BCUT2D eigenvalue weighted by molar-refractivity contribution is 0.152. The van der Waals surface area contributed by atoms with E-state index in [1.807, 2.05) is 12.1 Å². The fraction of sp³-hybridized carbons (Fsp3) is 0.545.